The molecule has 1 saturated carbocycles. The van der Waals surface area contributed by atoms with Crippen LogP contribution < -0.4 is 9.64 Å². The van der Waals surface area contributed by atoms with Gasteiger partial charge in [-0.05, 0) is 44.1 Å². The number of para-hydroxylation sites is 2. The molecule has 1 aliphatic heterocycles. The zero-order chi connectivity index (χ0) is 17.2. The summed E-state index contributed by atoms with van der Waals surface area (Å²) in [6, 6.07) is 8.90. The molecule has 2 aliphatic rings. The standard InChI is InChI=1S/C18H25N5OS/c1-2-24-17-6-4-3-5-16(17)21-11-9-20(10-12-21)14-23-18(25)22(13-19-23)15-7-8-15/h3-6,13,15H,2,7-12,14H2,1H3. The quantitative estimate of drug-likeness (QED) is 0.742. The topological polar surface area (TPSA) is 38.5 Å². The van der Waals surface area contributed by atoms with Gasteiger partial charge in [0.05, 0.1) is 19.0 Å². The molecule has 7 heteroatoms. The average Bonchev–Trinajstić information content (AvgIpc) is 3.42. The van der Waals surface area contributed by atoms with Crippen LogP contribution >= 0.6 is 12.2 Å². The highest BCUT2D eigenvalue weighted by Crippen LogP contribution is 2.34. The van der Waals surface area contributed by atoms with E-state index in [1.54, 1.807) is 0 Å². The van der Waals surface area contributed by atoms with Gasteiger partial charge in [-0.15, -0.1) is 0 Å². The molecule has 6 nitrogen and oxygen atoms in total. The number of aromatic nitrogens is 3. The van der Waals surface area contributed by atoms with E-state index in [1.807, 2.05) is 24.0 Å². The van der Waals surface area contributed by atoms with Gasteiger partial charge in [-0.3, -0.25) is 4.90 Å². The van der Waals surface area contributed by atoms with Gasteiger partial charge in [0.15, 0.2) is 4.77 Å². The van der Waals surface area contributed by atoms with Crippen molar-refractivity contribution in [3.8, 4) is 5.75 Å². The van der Waals surface area contributed by atoms with Gasteiger partial charge < -0.3 is 14.2 Å². The fraction of sp³-hybridized carbons (Fsp3) is 0.556. The highest BCUT2D eigenvalue weighted by Gasteiger charge is 2.26. The third kappa shape index (κ3) is 3.57. The minimum Gasteiger partial charge on any atom is -0.492 e. The third-order valence-electron chi connectivity index (χ3n) is 4.91. The van der Waals surface area contributed by atoms with E-state index in [1.165, 1.54) is 18.5 Å². The number of rotatable bonds is 6. The zero-order valence-electron chi connectivity index (χ0n) is 14.7. The van der Waals surface area contributed by atoms with Crippen LogP contribution in [-0.2, 0) is 6.67 Å². The van der Waals surface area contributed by atoms with Gasteiger partial charge in [0.25, 0.3) is 0 Å². The van der Waals surface area contributed by atoms with Crippen molar-refractivity contribution < 1.29 is 4.74 Å². The molecule has 0 bridgehead atoms. The largest absolute Gasteiger partial charge is 0.492 e. The molecule has 0 spiro atoms. The summed E-state index contributed by atoms with van der Waals surface area (Å²) in [7, 11) is 0. The molecule has 134 valence electrons. The molecule has 4 rings (SSSR count). The van der Waals surface area contributed by atoms with Crippen molar-refractivity contribution in [1.82, 2.24) is 19.2 Å². The van der Waals surface area contributed by atoms with Crippen molar-refractivity contribution in [3.05, 3.63) is 35.4 Å². The zero-order valence-corrected chi connectivity index (χ0v) is 15.5. The highest BCUT2D eigenvalue weighted by atomic mass is 32.1. The lowest BCUT2D eigenvalue weighted by molar-refractivity contribution is 0.193. The number of ether oxygens (including phenoxy) is 1. The summed E-state index contributed by atoms with van der Waals surface area (Å²) in [6.07, 6.45) is 4.37. The maximum Gasteiger partial charge on any atom is 0.199 e. The molecule has 0 radical (unpaired) electrons. The van der Waals surface area contributed by atoms with Gasteiger partial charge in [-0.25, -0.2) is 4.68 Å². The smallest absolute Gasteiger partial charge is 0.199 e. The van der Waals surface area contributed by atoms with Gasteiger partial charge in [-0.1, -0.05) is 12.1 Å². The van der Waals surface area contributed by atoms with Crippen molar-refractivity contribution in [3.63, 3.8) is 0 Å². The van der Waals surface area contributed by atoms with Crippen LogP contribution in [0.4, 0.5) is 5.69 Å². The number of hydrogen-bond donors (Lipinski definition) is 0. The minimum absolute atomic E-state index is 0.591. The number of anilines is 1. The summed E-state index contributed by atoms with van der Waals surface area (Å²) in [5.74, 6) is 0.976. The average molecular weight is 359 g/mol. The summed E-state index contributed by atoms with van der Waals surface area (Å²) in [5.41, 5.74) is 1.19. The van der Waals surface area contributed by atoms with E-state index in [0.717, 1.165) is 43.4 Å². The van der Waals surface area contributed by atoms with E-state index in [-0.39, 0.29) is 0 Å². The Kier molecular flexibility index (Phi) is 4.76. The van der Waals surface area contributed by atoms with Gasteiger partial charge in [0, 0.05) is 32.2 Å². The number of nitrogens with zero attached hydrogens (tertiary/aromatic N) is 5. The maximum absolute atomic E-state index is 5.77. The Morgan fingerprint density at radius 2 is 1.92 bits per heavy atom. The van der Waals surface area contributed by atoms with Crippen molar-refractivity contribution in [2.45, 2.75) is 32.5 Å². The molecule has 2 aromatic rings. The Bertz CT molecular complexity index is 774. The second-order valence-electron chi connectivity index (χ2n) is 6.70. The summed E-state index contributed by atoms with van der Waals surface area (Å²) < 4.78 is 10.7. The van der Waals surface area contributed by atoms with Gasteiger partial charge in [0.1, 0.15) is 12.1 Å². The molecule has 1 aromatic heterocycles. The van der Waals surface area contributed by atoms with Crippen molar-refractivity contribution in [1.29, 1.82) is 0 Å². The van der Waals surface area contributed by atoms with Crippen LogP contribution in [0.3, 0.4) is 0 Å². The lowest BCUT2D eigenvalue weighted by Gasteiger charge is -2.36. The molecular formula is C18H25N5OS. The molecule has 1 aliphatic carbocycles. The molecule has 0 amide bonds. The van der Waals surface area contributed by atoms with Gasteiger partial charge in [-0.2, -0.15) is 5.10 Å². The third-order valence-corrected chi connectivity index (χ3v) is 5.33. The van der Waals surface area contributed by atoms with Crippen LogP contribution in [0.1, 0.15) is 25.8 Å². The second kappa shape index (κ2) is 7.17. The second-order valence-corrected chi connectivity index (χ2v) is 7.06. The van der Waals surface area contributed by atoms with E-state index in [0.29, 0.717) is 12.6 Å². The minimum atomic E-state index is 0.591. The first kappa shape index (κ1) is 16.6. The van der Waals surface area contributed by atoms with Crippen LogP contribution in [0.15, 0.2) is 30.6 Å². The van der Waals surface area contributed by atoms with Crippen LogP contribution in [0.2, 0.25) is 0 Å². The Morgan fingerprint density at radius 3 is 2.64 bits per heavy atom. The Labute approximate surface area is 153 Å². The van der Waals surface area contributed by atoms with Crippen LogP contribution in [-0.4, -0.2) is 52.0 Å². The fourth-order valence-electron chi connectivity index (χ4n) is 3.37. The predicted molar refractivity (Wildman–Crippen MR) is 101 cm³/mol. The Hall–Kier alpha value is -1.86. The summed E-state index contributed by atoms with van der Waals surface area (Å²) in [4.78, 5) is 4.82. The van der Waals surface area contributed by atoms with Crippen LogP contribution in [0.25, 0.3) is 0 Å². The normalized spacial score (nSPS) is 18.5. The van der Waals surface area contributed by atoms with Crippen molar-refractivity contribution >= 4 is 17.9 Å². The molecule has 0 atom stereocenters. The molecular weight excluding hydrogens is 334 g/mol. The fourth-order valence-corrected chi connectivity index (χ4v) is 3.67. The lowest BCUT2D eigenvalue weighted by atomic mass is 10.2. The first-order valence-electron chi connectivity index (χ1n) is 9.09. The highest BCUT2D eigenvalue weighted by molar-refractivity contribution is 7.71. The molecule has 0 N–H and O–H groups in total. The van der Waals surface area contributed by atoms with E-state index >= 15 is 0 Å². The van der Waals surface area contributed by atoms with Crippen molar-refractivity contribution in [2.75, 3.05) is 37.7 Å². The Morgan fingerprint density at radius 1 is 1.16 bits per heavy atom. The molecule has 1 saturated heterocycles. The van der Waals surface area contributed by atoms with Crippen LogP contribution in [0.5, 0.6) is 5.75 Å². The molecule has 25 heavy (non-hydrogen) atoms. The van der Waals surface area contributed by atoms with Gasteiger partial charge >= 0.3 is 0 Å². The summed E-state index contributed by atoms with van der Waals surface area (Å²) in [6.45, 7) is 7.47. The summed E-state index contributed by atoms with van der Waals surface area (Å²) >= 11 is 5.57. The summed E-state index contributed by atoms with van der Waals surface area (Å²) in [5, 5.41) is 4.49. The molecule has 0 unspecified atom stereocenters. The first-order valence-corrected chi connectivity index (χ1v) is 9.50. The lowest BCUT2D eigenvalue weighted by Crippen LogP contribution is -2.47. The number of benzene rings is 1. The van der Waals surface area contributed by atoms with E-state index in [9.17, 15) is 0 Å². The molecule has 2 heterocycles. The maximum atomic E-state index is 5.77. The predicted octanol–water partition coefficient (Wildman–Crippen LogP) is 2.93. The van der Waals surface area contributed by atoms with Gasteiger partial charge in [0.2, 0.25) is 0 Å². The van der Waals surface area contributed by atoms with Crippen molar-refractivity contribution in [2.24, 2.45) is 0 Å². The molecule has 1 aromatic carbocycles. The van der Waals surface area contributed by atoms with E-state index < -0.39 is 0 Å². The number of hydrogen-bond acceptors (Lipinski definition) is 5. The van der Waals surface area contributed by atoms with E-state index in [4.69, 9.17) is 17.0 Å². The van der Waals surface area contributed by atoms with E-state index in [2.05, 4.69) is 37.7 Å². The SMILES string of the molecule is CCOc1ccccc1N1CCN(Cn2ncn(C3CC3)c2=S)CC1. The first-order chi connectivity index (χ1) is 12.3. The Balaban J connectivity index is 1.38. The van der Waals surface area contributed by atoms with Crippen LogP contribution in [0, 0.1) is 4.77 Å². The molecule has 2 fully saturated rings. The number of piperazine rings is 1. The monoisotopic (exact) mass is 359 g/mol.